The molecule has 3 N–H and O–H groups in total. The van der Waals surface area contributed by atoms with Crippen LogP contribution in [0.5, 0.6) is 0 Å². The van der Waals surface area contributed by atoms with Crippen LogP contribution < -0.4 is 11.1 Å². The first-order chi connectivity index (χ1) is 6.13. The fourth-order valence-corrected chi connectivity index (χ4v) is 1.15. The maximum Gasteiger partial charge on any atom is 0.238 e. The number of carbonyl (C=O) groups is 1. The summed E-state index contributed by atoms with van der Waals surface area (Å²) in [7, 11) is 0. The maximum absolute atomic E-state index is 10.9. The summed E-state index contributed by atoms with van der Waals surface area (Å²) in [4.78, 5) is 14.7. The molecule has 0 aliphatic heterocycles. The first-order valence-electron chi connectivity index (χ1n) is 3.44. The van der Waals surface area contributed by atoms with Gasteiger partial charge in [-0.3, -0.25) is 4.79 Å². The molecular weight excluding hydrogens is 257 g/mol. The summed E-state index contributed by atoms with van der Waals surface area (Å²) in [5.41, 5.74) is 5.68. The Hall–Kier alpha value is -0.650. The average molecular weight is 265 g/mol. The van der Waals surface area contributed by atoms with Crippen LogP contribution in [0.15, 0.2) is 16.7 Å². The van der Waals surface area contributed by atoms with Gasteiger partial charge in [-0.15, -0.1) is 0 Å². The molecule has 0 atom stereocenters. The third kappa shape index (κ3) is 2.95. The van der Waals surface area contributed by atoms with E-state index in [2.05, 4.69) is 26.2 Å². The first kappa shape index (κ1) is 10.4. The fraction of sp³-hybridized carbons (Fsp3) is 0.143. The highest BCUT2D eigenvalue weighted by molar-refractivity contribution is 9.10. The Kier molecular flexibility index (Phi) is 3.65. The minimum atomic E-state index is -0.268. The molecule has 4 nitrogen and oxygen atoms in total. The summed E-state index contributed by atoms with van der Waals surface area (Å²) in [6.45, 7) is -0.0553. The van der Waals surface area contributed by atoms with Gasteiger partial charge in [-0.25, -0.2) is 4.98 Å². The molecule has 0 radical (unpaired) electrons. The molecule has 1 rings (SSSR count). The standard InChI is InChI=1S/C7H7BrClN3O/c8-5-1-4(3-11-7(5)9)12-6(13)2-10/h1,3H,2,10H2,(H,12,13). The molecule has 0 spiro atoms. The van der Waals surface area contributed by atoms with Crippen LogP contribution in [0.4, 0.5) is 5.69 Å². The molecule has 6 heteroatoms. The lowest BCUT2D eigenvalue weighted by Crippen LogP contribution is -2.21. The van der Waals surface area contributed by atoms with Gasteiger partial charge in [-0.1, -0.05) is 11.6 Å². The second kappa shape index (κ2) is 4.55. The molecule has 1 aromatic heterocycles. The quantitative estimate of drug-likeness (QED) is 0.793. The minimum absolute atomic E-state index is 0.0553. The van der Waals surface area contributed by atoms with Crippen molar-refractivity contribution in [3.05, 3.63) is 21.9 Å². The molecule has 0 bridgehead atoms. The molecule has 0 aliphatic rings. The van der Waals surface area contributed by atoms with Crippen LogP contribution in [-0.2, 0) is 4.79 Å². The zero-order chi connectivity index (χ0) is 9.84. The largest absolute Gasteiger partial charge is 0.324 e. The van der Waals surface area contributed by atoms with Gasteiger partial charge < -0.3 is 11.1 Å². The highest BCUT2D eigenvalue weighted by atomic mass is 79.9. The molecule has 1 heterocycles. The zero-order valence-electron chi connectivity index (χ0n) is 6.55. The van der Waals surface area contributed by atoms with Crippen LogP contribution in [-0.4, -0.2) is 17.4 Å². The van der Waals surface area contributed by atoms with E-state index in [-0.39, 0.29) is 12.5 Å². The van der Waals surface area contributed by atoms with E-state index >= 15 is 0 Å². The Morgan fingerprint density at radius 1 is 1.77 bits per heavy atom. The van der Waals surface area contributed by atoms with E-state index in [4.69, 9.17) is 17.3 Å². The number of pyridine rings is 1. The van der Waals surface area contributed by atoms with Crippen LogP contribution in [0.2, 0.25) is 5.15 Å². The summed E-state index contributed by atoms with van der Waals surface area (Å²) in [5, 5.41) is 2.90. The molecule has 13 heavy (non-hydrogen) atoms. The number of amides is 1. The van der Waals surface area contributed by atoms with E-state index in [1.165, 1.54) is 6.20 Å². The number of hydrogen-bond acceptors (Lipinski definition) is 3. The maximum atomic E-state index is 10.9. The molecule has 1 aromatic rings. The van der Waals surface area contributed by atoms with E-state index in [0.717, 1.165) is 0 Å². The Labute approximate surface area is 88.6 Å². The lowest BCUT2D eigenvalue weighted by Gasteiger charge is -2.03. The second-order valence-electron chi connectivity index (χ2n) is 2.25. The van der Waals surface area contributed by atoms with Crippen molar-refractivity contribution in [1.82, 2.24) is 4.98 Å². The first-order valence-corrected chi connectivity index (χ1v) is 4.61. The summed E-state index contributed by atoms with van der Waals surface area (Å²) in [6.07, 6.45) is 1.46. The zero-order valence-corrected chi connectivity index (χ0v) is 8.89. The van der Waals surface area contributed by atoms with Crippen molar-refractivity contribution in [1.29, 1.82) is 0 Å². The Morgan fingerprint density at radius 3 is 3.00 bits per heavy atom. The van der Waals surface area contributed by atoms with Gasteiger partial charge in [-0.05, 0) is 22.0 Å². The smallest absolute Gasteiger partial charge is 0.238 e. The van der Waals surface area contributed by atoms with E-state index in [1.807, 2.05) is 0 Å². The predicted molar refractivity (Wildman–Crippen MR) is 54.6 cm³/mol. The number of aromatic nitrogens is 1. The predicted octanol–water partition coefficient (Wildman–Crippen LogP) is 1.39. The number of halogens is 2. The number of nitrogens with zero attached hydrogens (tertiary/aromatic N) is 1. The number of rotatable bonds is 2. The van der Waals surface area contributed by atoms with Crippen molar-refractivity contribution in [3.8, 4) is 0 Å². The molecule has 0 unspecified atom stereocenters. The summed E-state index contributed by atoms with van der Waals surface area (Å²) in [5.74, 6) is -0.268. The van der Waals surface area contributed by atoms with Crippen LogP contribution in [0.3, 0.4) is 0 Å². The second-order valence-corrected chi connectivity index (χ2v) is 3.46. The van der Waals surface area contributed by atoms with Gasteiger partial charge in [0.2, 0.25) is 5.91 Å². The van der Waals surface area contributed by atoms with E-state index < -0.39 is 0 Å². The minimum Gasteiger partial charge on any atom is -0.324 e. The number of carbonyl (C=O) groups excluding carboxylic acids is 1. The van der Waals surface area contributed by atoms with Gasteiger partial charge >= 0.3 is 0 Å². The number of hydrogen-bond donors (Lipinski definition) is 2. The summed E-state index contributed by atoms with van der Waals surface area (Å²) in [6, 6.07) is 1.66. The van der Waals surface area contributed by atoms with Crippen LogP contribution >= 0.6 is 27.5 Å². The van der Waals surface area contributed by atoms with Crippen molar-refractivity contribution >= 4 is 39.1 Å². The molecule has 0 fully saturated rings. The normalized spacial score (nSPS) is 9.77. The van der Waals surface area contributed by atoms with Crippen molar-refractivity contribution in [2.45, 2.75) is 0 Å². The van der Waals surface area contributed by atoms with Gasteiger partial charge in [0.1, 0.15) is 5.15 Å². The third-order valence-corrected chi connectivity index (χ3v) is 2.40. The van der Waals surface area contributed by atoms with Gasteiger partial charge in [0.05, 0.1) is 22.9 Å². The monoisotopic (exact) mass is 263 g/mol. The number of nitrogens with one attached hydrogen (secondary N) is 1. The average Bonchev–Trinajstić information content (AvgIpc) is 2.11. The highest BCUT2D eigenvalue weighted by Crippen LogP contribution is 2.22. The Morgan fingerprint density at radius 2 is 2.46 bits per heavy atom. The van der Waals surface area contributed by atoms with Crippen molar-refractivity contribution < 1.29 is 4.79 Å². The number of nitrogens with two attached hydrogens (primary N) is 1. The number of anilines is 1. The van der Waals surface area contributed by atoms with Crippen molar-refractivity contribution in [2.24, 2.45) is 5.73 Å². The molecule has 0 aliphatic carbocycles. The van der Waals surface area contributed by atoms with E-state index in [1.54, 1.807) is 6.07 Å². The SMILES string of the molecule is NCC(=O)Nc1cnc(Cl)c(Br)c1. The van der Waals surface area contributed by atoms with Crippen LogP contribution in [0, 0.1) is 0 Å². The Balaban J connectivity index is 2.79. The van der Waals surface area contributed by atoms with Crippen molar-refractivity contribution in [3.63, 3.8) is 0 Å². The Bertz CT molecular complexity index is 332. The highest BCUT2D eigenvalue weighted by Gasteiger charge is 2.02. The third-order valence-electron chi connectivity index (χ3n) is 1.27. The van der Waals surface area contributed by atoms with Gasteiger partial charge in [0, 0.05) is 0 Å². The molecule has 0 aromatic carbocycles. The lowest BCUT2D eigenvalue weighted by atomic mass is 10.4. The van der Waals surface area contributed by atoms with Gasteiger partial charge in [0.15, 0.2) is 0 Å². The van der Waals surface area contributed by atoms with E-state index in [0.29, 0.717) is 15.3 Å². The van der Waals surface area contributed by atoms with Crippen LogP contribution in [0.1, 0.15) is 0 Å². The van der Waals surface area contributed by atoms with Gasteiger partial charge in [-0.2, -0.15) is 0 Å². The molecule has 70 valence electrons. The molecular formula is C7H7BrClN3O. The molecule has 1 amide bonds. The topological polar surface area (TPSA) is 68.0 Å². The fourth-order valence-electron chi connectivity index (χ4n) is 0.702. The lowest BCUT2D eigenvalue weighted by molar-refractivity contribution is -0.114. The van der Waals surface area contributed by atoms with Gasteiger partial charge in [0.25, 0.3) is 0 Å². The van der Waals surface area contributed by atoms with E-state index in [9.17, 15) is 4.79 Å². The van der Waals surface area contributed by atoms with Crippen molar-refractivity contribution in [2.75, 3.05) is 11.9 Å². The molecule has 0 saturated heterocycles. The summed E-state index contributed by atoms with van der Waals surface area (Å²) >= 11 is 8.84. The summed E-state index contributed by atoms with van der Waals surface area (Å²) < 4.78 is 0.629. The molecule has 0 saturated carbocycles. The van der Waals surface area contributed by atoms with Crippen LogP contribution in [0.25, 0.3) is 0 Å².